The number of carboxylic acids is 2. The van der Waals surface area contributed by atoms with Gasteiger partial charge in [0, 0.05) is 19.5 Å². The Morgan fingerprint density at radius 2 is 1.04 bits per heavy atom. The molecule has 10 unspecified atom stereocenters. The van der Waals surface area contributed by atoms with E-state index in [0.29, 0.717) is 58.0 Å². The molecule has 3 rings (SSSR count). The van der Waals surface area contributed by atoms with E-state index in [1.807, 2.05) is 0 Å². The quantitative estimate of drug-likeness (QED) is 0.0302. The summed E-state index contributed by atoms with van der Waals surface area (Å²) in [6.45, 7) is 8.58. The monoisotopic (exact) mass is 1050 g/mol. The summed E-state index contributed by atoms with van der Waals surface area (Å²) < 4.78 is 0. The maximum atomic E-state index is 14.0. The molecule has 26 nitrogen and oxygen atoms in total. The molecule has 26 heteroatoms. The zero-order chi connectivity index (χ0) is 55.2. The summed E-state index contributed by atoms with van der Waals surface area (Å²) in [6, 6.07) is -11.8. The predicted octanol–water partition coefficient (Wildman–Crippen LogP) is -3.35. The number of hydrogen-bond donors (Lipinski definition) is 13. The number of hydrogen-bond acceptors (Lipinski definition) is 15. The molecule has 0 spiro atoms. The number of aliphatic carboxylic acids is 2. The molecule has 9 amide bonds. The van der Waals surface area contributed by atoms with Gasteiger partial charge in [0.1, 0.15) is 54.4 Å². The van der Waals surface area contributed by atoms with E-state index in [0.717, 1.165) is 11.3 Å². The van der Waals surface area contributed by atoms with E-state index in [1.54, 1.807) is 27.7 Å². The average molecular weight is 1050 g/mol. The highest BCUT2D eigenvalue weighted by Crippen LogP contribution is 2.22. The van der Waals surface area contributed by atoms with E-state index >= 15 is 0 Å². The van der Waals surface area contributed by atoms with Gasteiger partial charge in [0.15, 0.2) is 0 Å². The number of nitrogens with two attached hydrogens (primary N) is 2. The van der Waals surface area contributed by atoms with Gasteiger partial charge < -0.3 is 79.1 Å². The fourth-order valence-corrected chi connectivity index (χ4v) is 9.18. The fraction of sp³-hybridized carbons (Fsp3) is 0.771. The van der Waals surface area contributed by atoms with Crippen LogP contribution in [0.5, 0.6) is 0 Å². The second-order valence-corrected chi connectivity index (χ2v) is 20.0. The summed E-state index contributed by atoms with van der Waals surface area (Å²) in [5.74, 6) is -10.00. The number of nitrogens with one attached hydrogen (secondary N) is 8. The van der Waals surface area contributed by atoms with E-state index in [1.165, 1.54) is 11.8 Å². The lowest BCUT2D eigenvalue weighted by atomic mass is 9.99. The molecule has 3 aliphatic heterocycles. The number of nitrogens with zero attached hydrogens (tertiary/aromatic N) is 2. The predicted molar refractivity (Wildman–Crippen MR) is 267 cm³/mol. The minimum Gasteiger partial charge on any atom is -0.481 e. The summed E-state index contributed by atoms with van der Waals surface area (Å²) in [7, 11) is 0. The maximum absolute atomic E-state index is 14.0. The van der Waals surface area contributed by atoms with Crippen molar-refractivity contribution in [3.05, 3.63) is 0 Å². The molecule has 0 aliphatic carbocycles. The highest BCUT2D eigenvalue weighted by molar-refractivity contribution is 5.99. The third kappa shape index (κ3) is 18.7. The number of carbonyl (C=O) groups is 11. The van der Waals surface area contributed by atoms with Gasteiger partial charge in [0.25, 0.3) is 0 Å². The van der Waals surface area contributed by atoms with Crippen LogP contribution >= 0.6 is 0 Å². The lowest BCUT2D eigenvalue weighted by molar-refractivity contribution is -0.149. The summed E-state index contributed by atoms with van der Waals surface area (Å²) in [5, 5.41) is 50.8. The Morgan fingerprint density at radius 3 is 1.57 bits per heavy atom. The van der Waals surface area contributed by atoms with Crippen LogP contribution < -0.4 is 54.0 Å². The second-order valence-electron chi connectivity index (χ2n) is 20.0. The van der Waals surface area contributed by atoms with Crippen LogP contribution in [0.1, 0.15) is 125 Å². The summed E-state index contributed by atoms with van der Waals surface area (Å²) >= 11 is 0. The fourth-order valence-electron chi connectivity index (χ4n) is 9.18. The molecule has 0 aromatic rings. The lowest BCUT2D eigenvalue weighted by Crippen LogP contribution is -2.61. The number of carboxylic acid groups (broad SMARTS) is 2. The van der Waals surface area contributed by atoms with Crippen molar-refractivity contribution in [2.75, 3.05) is 39.3 Å². The number of amides is 9. The number of rotatable bonds is 31. The molecule has 0 saturated carbocycles. The highest BCUT2D eigenvalue weighted by atomic mass is 16.4. The van der Waals surface area contributed by atoms with Crippen molar-refractivity contribution in [1.82, 2.24) is 52.3 Å². The van der Waals surface area contributed by atoms with E-state index in [4.69, 9.17) is 11.5 Å². The molecule has 3 saturated heterocycles. The largest absolute Gasteiger partial charge is 0.481 e. The third-order valence-corrected chi connectivity index (χ3v) is 13.5. The average Bonchev–Trinajstić information content (AvgIpc) is 4.18. The molecule has 3 fully saturated rings. The Morgan fingerprint density at radius 1 is 0.541 bits per heavy atom. The van der Waals surface area contributed by atoms with Crippen molar-refractivity contribution in [3.63, 3.8) is 0 Å². The van der Waals surface area contributed by atoms with E-state index < -0.39 is 145 Å². The van der Waals surface area contributed by atoms with E-state index in [-0.39, 0.29) is 57.1 Å². The Bertz CT molecular complexity index is 1970. The Hall–Kier alpha value is -5.99. The molecule has 15 N–H and O–H groups in total. The number of aliphatic hydroxyl groups is 1. The molecule has 0 aromatic carbocycles. The van der Waals surface area contributed by atoms with Crippen LogP contribution in [0.4, 0.5) is 0 Å². The molecule has 74 heavy (non-hydrogen) atoms. The Balaban J connectivity index is 1.72. The Labute approximate surface area is 432 Å². The molecular weight excluding hydrogens is 969 g/mol. The van der Waals surface area contributed by atoms with Gasteiger partial charge in [-0.05, 0) is 122 Å². The molecule has 0 bridgehead atoms. The van der Waals surface area contributed by atoms with Crippen LogP contribution in [0.3, 0.4) is 0 Å². The van der Waals surface area contributed by atoms with Gasteiger partial charge >= 0.3 is 11.9 Å². The molecule has 3 aliphatic rings. The molecule has 0 radical (unpaired) electrons. The van der Waals surface area contributed by atoms with Crippen LogP contribution in [0.15, 0.2) is 0 Å². The zero-order valence-corrected chi connectivity index (χ0v) is 43.5. The molecule has 10 atom stereocenters. The first kappa shape index (κ1) is 62.3. The van der Waals surface area contributed by atoms with Crippen molar-refractivity contribution < 1.29 is 68.1 Å². The summed E-state index contributed by atoms with van der Waals surface area (Å²) in [6.07, 6.45) is 3.57. The van der Waals surface area contributed by atoms with Crippen LogP contribution in [-0.2, 0) is 52.7 Å². The normalized spacial score (nSPS) is 20.3. The first-order valence-corrected chi connectivity index (χ1v) is 26.0. The summed E-state index contributed by atoms with van der Waals surface area (Å²) in [4.78, 5) is 149. The molecular formula is C48H82N12O14. The third-order valence-electron chi connectivity index (χ3n) is 13.5. The van der Waals surface area contributed by atoms with Crippen LogP contribution in [0.25, 0.3) is 0 Å². The second kappa shape index (κ2) is 31.0. The number of likely N-dealkylation sites (tertiary alicyclic amines) is 2. The van der Waals surface area contributed by atoms with E-state index in [2.05, 4.69) is 42.5 Å². The topological polar surface area (TPSA) is 403 Å². The van der Waals surface area contributed by atoms with Crippen molar-refractivity contribution >= 4 is 65.1 Å². The zero-order valence-electron chi connectivity index (χ0n) is 43.5. The number of unbranched alkanes of at least 4 members (excludes halogenated alkanes) is 2. The molecule has 0 aromatic heterocycles. The van der Waals surface area contributed by atoms with Crippen molar-refractivity contribution in [3.8, 4) is 0 Å². The SMILES string of the molecule is CC(NC(=O)C(NC(=O)C(NC(=O)C1CCCN1)C(C)C)C(C)C)C(=O)NC(CCC(=O)O)C(=O)NC(CO)C(=O)N1CCCC1C(=O)NC(CCCCN)C(=O)NC(CCCCN)C(=O)N1CCCC1C(=O)O. The minimum absolute atomic E-state index is 0.00451. The van der Waals surface area contributed by atoms with Crippen LogP contribution in [-0.4, -0.2) is 190 Å². The van der Waals surface area contributed by atoms with Gasteiger partial charge in [0.05, 0.1) is 12.6 Å². The first-order valence-electron chi connectivity index (χ1n) is 26.0. The van der Waals surface area contributed by atoms with Crippen molar-refractivity contribution in [2.24, 2.45) is 23.3 Å². The van der Waals surface area contributed by atoms with Crippen molar-refractivity contribution in [2.45, 2.75) is 185 Å². The van der Waals surface area contributed by atoms with Gasteiger partial charge in [0.2, 0.25) is 53.2 Å². The number of carbonyl (C=O) groups excluding carboxylic acids is 9. The Kier molecular flexibility index (Phi) is 26.1. The lowest BCUT2D eigenvalue weighted by Gasteiger charge is -2.31. The molecule has 3 heterocycles. The summed E-state index contributed by atoms with van der Waals surface area (Å²) in [5.41, 5.74) is 11.4. The first-order chi connectivity index (χ1) is 35.1. The molecule has 418 valence electrons. The van der Waals surface area contributed by atoms with Crippen LogP contribution in [0, 0.1) is 11.8 Å². The van der Waals surface area contributed by atoms with Gasteiger partial charge in [-0.15, -0.1) is 0 Å². The smallest absolute Gasteiger partial charge is 0.326 e. The van der Waals surface area contributed by atoms with Crippen LogP contribution in [0.2, 0.25) is 0 Å². The maximum Gasteiger partial charge on any atom is 0.326 e. The number of aliphatic hydroxyl groups excluding tert-OH is 1. The highest BCUT2D eigenvalue weighted by Gasteiger charge is 2.42. The standard InChI is InChI=1S/C48H82N12O14/c1-26(2)37(58-45(70)38(27(3)4)57-40(65)29-15-10-22-51-29)44(69)52-28(5)39(64)53-31(18-19-36(62)63)42(67)56-33(25-61)47(72)59-23-11-16-34(59)43(68)54-30(13-6-8-20-49)41(66)55-32(14-7-9-21-50)46(71)60-24-12-17-35(60)48(73)74/h26-35,37-38,51,61H,6-25,49-50H2,1-5H3,(H,52,69)(H,53,64)(H,54,68)(H,55,66)(H,56,67)(H,57,65)(H,58,70)(H,62,63)(H,73,74). The van der Waals surface area contributed by atoms with E-state index in [9.17, 15) is 68.1 Å². The van der Waals surface area contributed by atoms with Gasteiger partial charge in [-0.1, -0.05) is 27.7 Å². The van der Waals surface area contributed by atoms with Gasteiger partial charge in [-0.3, -0.25) is 47.9 Å². The van der Waals surface area contributed by atoms with Crippen molar-refractivity contribution in [1.29, 1.82) is 0 Å². The van der Waals surface area contributed by atoms with Gasteiger partial charge in [-0.25, -0.2) is 4.79 Å². The van der Waals surface area contributed by atoms with Gasteiger partial charge in [-0.2, -0.15) is 0 Å². The minimum atomic E-state index is -1.69.